The number of amides is 1. The second-order valence-corrected chi connectivity index (χ2v) is 4.58. The summed E-state index contributed by atoms with van der Waals surface area (Å²) in [7, 11) is 0. The maximum atomic E-state index is 12.1. The molecule has 0 fully saturated rings. The number of hydrogen-bond acceptors (Lipinski definition) is 2. The standard InChI is InChI=1S/C15H17NO3/c1-2-3-9-14(17)16-10-5-7-11-12(15(18)19)6-4-8-13(11)16/h2,4,6,8H,1,3,5,7,9-10H2,(H,18,19). The van der Waals surface area contributed by atoms with Crippen molar-refractivity contribution in [1.82, 2.24) is 0 Å². The molecule has 1 aromatic carbocycles. The number of allylic oxidation sites excluding steroid dienone is 1. The molecule has 2 rings (SSSR count). The first-order valence-corrected chi connectivity index (χ1v) is 6.41. The Balaban J connectivity index is 2.34. The van der Waals surface area contributed by atoms with Gasteiger partial charge in [0.2, 0.25) is 5.91 Å². The highest BCUT2D eigenvalue weighted by Gasteiger charge is 2.25. The summed E-state index contributed by atoms with van der Waals surface area (Å²) >= 11 is 0. The van der Waals surface area contributed by atoms with Crippen molar-refractivity contribution < 1.29 is 14.7 Å². The summed E-state index contributed by atoms with van der Waals surface area (Å²) in [6, 6.07) is 5.12. The Morgan fingerprint density at radius 3 is 2.89 bits per heavy atom. The molecular formula is C15H17NO3. The van der Waals surface area contributed by atoms with Crippen molar-refractivity contribution in [1.29, 1.82) is 0 Å². The summed E-state index contributed by atoms with van der Waals surface area (Å²) in [6.07, 6.45) is 4.29. The lowest BCUT2D eigenvalue weighted by Crippen LogP contribution is -2.35. The molecule has 100 valence electrons. The number of carboxylic acid groups (broad SMARTS) is 1. The average Bonchev–Trinajstić information content (AvgIpc) is 2.43. The molecule has 0 bridgehead atoms. The Hall–Kier alpha value is -2.10. The molecule has 1 aliphatic rings. The maximum Gasteiger partial charge on any atom is 0.336 e. The minimum absolute atomic E-state index is 0.0309. The lowest BCUT2D eigenvalue weighted by molar-refractivity contribution is -0.118. The molecule has 1 N–H and O–H groups in total. The summed E-state index contributed by atoms with van der Waals surface area (Å²) in [5.74, 6) is -0.902. The number of anilines is 1. The molecule has 0 spiro atoms. The molecule has 0 radical (unpaired) electrons. The SMILES string of the molecule is C=CCCC(=O)N1CCCc2c(C(=O)O)cccc21. The third-order valence-electron chi connectivity index (χ3n) is 3.34. The molecule has 4 heteroatoms. The summed E-state index contributed by atoms with van der Waals surface area (Å²) in [5.41, 5.74) is 1.83. The Labute approximate surface area is 112 Å². The van der Waals surface area contributed by atoms with E-state index >= 15 is 0 Å². The van der Waals surface area contributed by atoms with Crippen LogP contribution < -0.4 is 4.90 Å². The van der Waals surface area contributed by atoms with Crippen LogP contribution in [0.2, 0.25) is 0 Å². The minimum atomic E-state index is -0.933. The van der Waals surface area contributed by atoms with Gasteiger partial charge in [-0.3, -0.25) is 4.79 Å². The number of aromatic carboxylic acids is 1. The van der Waals surface area contributed by atoms with Crippen LogP contribution in [0.1, 0.15) is 35.2 Å². The normalized spacial score (nSPS) is 13.8. The predicted molar refractivity (Wildman–Crippen MR) is 73.5 cm³/mol. The monoisotopic (exact) mass is 259 g/mol. The lowest BCUT2D eigenvalue weighted by atomic mass is 9.96. The number of hydrogen-bond donors (Lipinski definition) is 1. The largest absolute Gasteiger partial charge is 0.478 e. The third kappa shape index (κ3) is 2.67. The third-order valence-corrected chi connectivity index (χ3v) is 3.34. The summed E-state index contributed by atoms with van der Waals surface area (Å²) in [6.45, 7) is 4.27. The van der Waals surface area contributed by atoms with Crippen LogP contribution in [0.15, 0.2) is 30.9 Å². The Morgan fingerprint density at radius 1 is 1.42 bits per heavy atom. The van der Waals surface area contributed by atoms with Gasteiger partial charge in [0.1, 0.15) is 0 Å². The number of carboxylic acids is 1. The second kappa shape index (κ2) is 5.69. The van der Waals surface area contributed by atoms with Gasteiger partial charge in [0.05, 0.1) is 5.56 Å². The molecule has 1 aliphatic heterocycles. The molecule has 0 saturated heterocycles. The highest BCUT2D eigenvalue weighted by molar-refractivity contribution is 5.98. The zero-order valence-electron chi connectivity index (χ0n) is 10.8. The molecule has 19 heavy (non-hydrogen) atoms. The molecule has 1 heterocycles. The van der Waals surface area contributed by atoms with E-state index in [1.807, 2.05) is 6.07 Å². The highest BCUT2D eigenvalue weighted by Crippen LogP contribution is 2.30. The summed E-state index contributed by atoms with van der Waals surface area (Å²) in [5, 5.41) is 9.19. The zero-order valence-corrected chi connectivity index (χ0v) is 10.8. The van der Waals surface area contributed by atoms with Crippen LogP contribution >= 0.6 is 0 Å². The molecule has 0 saturated carbocycles. The van der Waals surface area contributed by atoms with E-state index in [0.29, 0.717) is 31.4 Å². The number of fused-ring (bicyclic) bond motifs is 1. The number of carbonyl (C=O) groups excluding carboxylic acids is 1. The van der Waals surface area contributed by atoms with Crippen LogP contribution in [-0.4, -0.2) is 23.5 Å². The van der Waals surface area contributed by atoms with Crippen LogP contribution in [0.3, 0.4) is 0 Å². The topological polar surface area (TPSA) is 57.6 Å². The van der Waals surface area contributed by atoms with Gasteiger partial charge < -0.3 is 10.0 Å². The molecule has 1 amide bonds. The Bertz CT molecular complexity index is 522. The number of benzene rings is 1. The molecular weight excluding hydrogens is 242 g/mol. The van der Waals surface area contributed by atoms with Gasteiger partial charge in [-0.05, 0) is 37.0 Å². The van der Waals surface area contributed by atoms with Crippen molar-refractivity contribution >= 4 is 17.6 Å². The van der Waals surface area contributed by atoms with E-state index in [4.69, 9.17) is 0 Å². The van der Waals surface area contributed by atoms with Crippen molar-refractivity contribution in [3.8, 4) is 0 Å². The van der Waals surface area contributed by atoms with Gasteiger partial charge in [-0.1, -0.05) is 12.1 Å². The highest BCUT2D eigenvalue weighted by atomic mass is 16.4. The molecule has 0 unspecified atom stereocenters. The molecule has 1 aromatic rings. The van der Waals surface area contributed by atoms with E-state index in [2.05, 4.69) is 6.58 Å². The Kier molecular flexibility index (Phi) is 4.00. The second-order valence-electron chi connectivity index (χ2n) is 4.58. The number of rotatable bonds is 4. The van der Waals surface area contributed by atoms with Gasteiger partial charge in [-0.25, -0.2) is 4.79 Å². The average molecular weight is 259 g/mol. The van der Waals surface area contributed by atoms with Gasteiger partial charge in [-0.15, -0.1) is 6.58 Å². The van der Waals surface area contributed by atoms with Crippen molar-refractivity contribution in [3.05, 3.63) is 42.0 Å². The van der Waals surface area contributed by atoms with Crippen molar-refractivity contribution in [3.63, 3.8) is 0 Å². The number of nitrogens with zero attached hydrogens (tertiary/aromatic N) is 1. The molecule has 0 aromatic heterocycles. The van der Waals surface area contributed by atoms with Gasteiger partial charge in [0.25, 0.3) is 0 Å². The first-order valence-electron chi connectivity index (χ1n) is 6.41. The number of carbonyl (C=O) groups is 2. The first kappa shape index (κ1) is 13.3. The van der Waals surface area contributed by atoms with Gasteiger partial charge in [-0.2, -0.15) is 0 Å². The van der Waals surface area contributed by atoms with E-state index < -0.39 is 5.97 Å². The van der Waals surface area contributed by atoms with Gasteiger partial charge >= 0.3 is 5.97 Å². The minimum Gasteiger partial charge on any atom is -0.478 e. The van der Waals surface area contributed by atoms with Crippen molar-refractivity contribution in [2.75, 3.05) is 11.4 Å². The summed E-state index contributed by atoms with van der Waals surface area (Å²) < 4.78 is 0. The van der Waals surface area contributed by atoms with Crippen LogP contribution in [0, 0.1) is 0 Å². The van der Waals surface area contributed by atoms with E-state index in [-0.39, 0.29) is 5.91 Å². The van der Waals surface area contributed by atoms with Crippen LogP contribution in [0.4, 0.5) is 5.69 Å². The molecule has 4 nitrogen and oxygen atoms in total. The van der Waals surface area contributed by atoms with Gasteiger partial charge in [0, 0.05) is 18.7 Å². The zero-order chi connectivity index (χ0) is 13.8. The van der Waals surface area contributed by atoms with Gasteiger partial charge in [0.15, 0.2) is 0 Å². The fraction of sp³-hybridized carbons (Fsp3) is 0.333. The fourth-order valence-corrected chi connectivity index (χ4v) is 2.44. The predicted octanol–water partition coefficient (Wildman–Crippen LogP) is 2.63. The fourth-order valence-electron chi connectivity index (χ4n) is 2.44. The quantitative estimate of drug-likeness (QED) is 0.846. The van der Waals surface area contributed by atoms with Crippen molar-refractivity contribution in [2.24, 2.45) is 0 Å². The van der Waals surface area contributed by atoms with E-state index in [0.717, 1.165) is 17.7 Å². The van der Waals surface area contributed by atoms with Crippen LogP contribution in [0.25, 0.3) is 0 Å². The van der Waals surface area contributed by atoms with E-state index in [1.54, 1.807) is 23.1 Å². The van der Waals surface area contributed by atoms with E-state index in [9.17, 15) is 14.7 Å². The Morgan fingerprint density at radius 2 is 2.21 bits per heavy atom. The first-order chi connectivity index (χ1) is 9.15. The van der Waals surface area contributed by atoms with Crippen molar-refractivity contribution in [2.45, 2.75) is 25.7 Å². The van der Waals surface area contributed by atoms with Crippen LogP contribution in [-0.2, 0) is 11.2 Å². The van der Waals surface area contributed by atoms with E-state index in [1.165, 1.54) is 0 Å². The van der Waals surface area contributed by atoms with Crippen LogP contribution in [0.5, 0.6) is 0 Å². The summed E-state index contributed by atoms with van der Waals surface area (Å²) in [4.78, 5) is 25.0. The molecule has 0 atom stereocenters. The molecule has 0 aliphatic carbocycles. The lowest BCUT2D eigenvalue weighted by Gasteiger charge is -2.30. The maximum absolute atomic E-state index is 12.1. The smallest absolute Gasteiger partial charge is 0.336 e.